The average Bonchev–Trinajstić information content (AvgIpc) is 3.09. The van der Waals surface area contributed by atoms with Crippen LogP contribution >= 0.6 is 0 Å². The molecule has 1 aliphatic rings. The van der Waals surface area contributed by atoms with Gasteiger partial charge >= 0.3 is 0 Å². The summed E-state index contributed by atoms with van der Waals surface area (Å²) in [6, 6.07) is 15.4. The summed E-state index contributed by atoms with van der Waals surface area (Å²) in [5.41, 5.74) is 1.59. The van der Waals surface area contributed by atoms with E-state index in [-0.39, 0.29) is 23.5 Å². The molecule has 6 heteroatoms. The second-order valence-electron chi connectivity index (χ2n) is 7.26. The fraction of sp³-hybridized carbons (Fsp3) is 0.304. The number of amides is 1. The minimum atomic E-state index is -0.305. The number of pyridine rings is 1. The molecular weight excluding hydrogens is 369 g/mol. The molecular formula is C23H24FN3O2. The smallest absolute Gasteiger partial charge is 0.290 e. The van der Waals surface area contributed by atoms with Crippen LogP contribution in [0.15, 0.2) is 65.2 Å². The van der Waals surface area contributed by atoms with Crippen LogP contribution in [-0.2, 0) is 6.54 Å². The number of hydrogen-bond donors (Lipinski definition) is 1. The minimum Gasteiger partial charge on any atom is -0.451 e. The molecule has 1 saturated heterocycles. The van der Waals surface area contributed by atoms with Crippen molar-refractivity contribution in [2.45, 2.75) is 31.8 Å². The Bertz CT molecular complexity index is 932. The zero-order chi connectivity index (χ0) is 20.1. The van der Waals surface area contributed by atoms with Crippen molar-refractivity contribution < 1.29 is 13.6 Å². The van der Waals surface area contributed by atoms with Crippen LogP contribution in [0.5, 0.6) is 0 Å². The average molecular weight is 393 g/mol. The highest BCUT2D eigenvalue weighted by Crippen LogP contribution is 2.25. The summed E-state index contributed by atoms with van der Waals surface area (Å²) in [4.78, 5) is 19.7. The quantitative estimate of drug-likeness (QED) is 0.704. The van der Waals surface area contributed by atoms with E-state index in [9.17, 15) is 9.18 Å². The largest absolute Gasteiger partial charge is 0.451 e. The second-order valence-corrected chi connectivity index (χ2v) is 7.26. The first kappa shape index (κ1) is 19.3. The molecule has 0 bridgehead atoms. The summed E-state index contributed by atoms with van der Waals surface area (Å²) >= 11 is 0. The number of nitrogens with one attached hydrogen (secondary N) is 1. The van der Waals surface area contributed by atoms with Gasteiger partial charge in [-0.3, -0.25) is 9.78 Å². The topological polar surface area (TPSA) is 58.4 Å². The van der Waals surface area contributed by atoms with Gasteiger partial charge in [0, 0.05) is 17.8 Å². The van der Waals surface area contributed by atoms with E-state index in [0.29, 0.717) is 12.3 Å². The number of nitrogens with zero attached hydrogens (tertiary/aromatic N) is 2. The van der Waals surface area contributed by atoms with Crippen LogP contribution < -0.4 is 5.32 Å². The summed E-state index contributed by atoms with van der Waals surface area (Å²) in [7, 11) is 0. The third-order valence-corrected chi connectivity index (χ3v) is 5.25. The van der Waals surface area contributed by atoms with Gasteiger partial charge in [0.05, 0.1) is 12.2 Å². The fourth-order valence-corrected chi connectivity index (χ4v) is 3.71. The van der Waals surface area contributed by atoms with Crippen LogP contribution in [0.3, 0.4) is 0 Å². The van der Waals surface area contributed by atoms with Gasteiger partial charge < -0.3 is 14.6 Å². The van der Waals surface area contributed by atoms with Crippen LogP contribution in [0.25, 0.3) is 11.3 Å². The number of furan rings is 1. The Morgan fingerprint density at radius 1 is 1.10 bits per heavy atom. The highest BCUT2D eigenvalue weighted by molar-refractivity contribution is 5.92. The first-order valence-corrected chi connectivity index (χ1v) is 9.98. The van der Waals surface area contributed by atoms with Crippen LogP contribution in [-0.4, -0.2) is 34.9 Å². The first-order chi connectivity index (χ1) is 14.2. The normalized spacial score (nSPS) is 16.9. The van der Waals surface area contributed by atoms with E-state index in [1.807, 2.05) is 23.1 Å². The second kappa shape index (κ2) is 9.01. The Labute approximate surface area is 169 Å². The van der Waals surface area contributed by atoms with E-state index < -0.39 is 0 Å². The molecule has 5 nitrogen and oxygen atoms in total. The third-order valence-electron chi connectivity index (χ3n) is 5.25. The molecule has 1 fully saturated rings. The maximum atomic E-state index is 13.4. The lowest BCUT2D eigenvalue weighted by Crippen LogP contribution is -2.40. The number of benzene rings is 1. The van der Waals surface area contributed by atoms with Crippen LogP contribution in [0.4, 0.5) is 4.39 Å². The Balaban J connectivity index is 1.59. The van der Waals surface area contributed by atoms with Crippen molar-refractivity contribution >= 4 is 5.91 Å². The Morgan fingerprint density at radius 3 is 2.76 bits per heavy atom. The molecule has 0 saturated carbocycles. The van der Waals surface area contributed by atoms with Crippen molar-refractivity contribution in [3.8, 4) is 11.3 Å². The van der Waals surface area contributed by atoms with Gasteiger partial charge in [0.1, 0.15) is 11.6 Å². The van der Waals surface area contributed by atoms with Crippen LogP contribution in [0.2, 0.25) is 0 Å². The molecule has 0 radical (unpaired) electrons. The van der Waals surface area contributed by atoms with Crippen LogP contribution in [0.1, 0.15) is 35.5 Å². The summed E-state index contributed by atoms with van der Waals surface area (Å²) in [6.45, 7) is 2.30. The lowest BCUT2D eigenvalue weighted by Gasteiger charge is -2.30. The summed E-state index contributed by atoms with van der Waals surface area (Å²) in [6.07, 6.45) is 4.60. The molecule has 1 aliphatic heterocycles. The van der Waals surface area contributed by atoms with Gasteiger partial charge in [0.2, 0.25) is 0 Å². The van der Waals surface area contributed by atoms with E-state index in [1.54, 1.807) is 30.5 Å². The van der Waals surface area contributed by atoms with E-state index >= 15 is 0 Å². The lowest BCUT2D eigenvalue weighted by molar-refractivity contribution is 0.0610. The Kier molecular flexibility index (Phi) is 6.00. The van der Waals surface area contributed by atoms with Crippen molar-refractivity contribution in [3.05, 3.63) is 78.1 Å². The maximum absolute atomic E-state index is 13.4. The molecule has 1 atom stereocenters. The molecule has 0 aliphatic carbocycles. The summed E-state index contributed by atoms with van der Waals surface area (Å²) < 4.78 is 19.0. The Morgan fingerprint density at radius 2 is 1.97 bits per heavy atom. The third kappa shape index (κ3) is 4.71. The van der Waals surface area contributed by atoms with Crippen molar-refractivity contribution in [3.63, 3.8) is 0 Å². The van der Waals surface area contributed by atoms with Gasteiger partial charge in [0.25, 0.3) is 5.91 Å². The van der Waals surface area contributed by atoms with Crippen molar-refractivity contribution in [2.75, 3.05) is 13.1 Å². The minimum absolute atomic E-state index is 0.124. The molecule has 1 N–H and O–H groups in total. The molecule has 2 aromatic heterocycles. The zero-order valence-electron chi connectivity index (χ0n) is 16.2. The van der Waals surface area contributed by atoms with Crippen molar-refractivity contribution in [1.82, 2.24) is 15.2 Å². The molecule has 3 heterocycles. The van der Waals surface area contributed by atoms with Gasteiger partial charge in [0.15, 0.2) is 5.76 Å². The fourth-order valence-electron chi connectivity index (χ4n) is 3.71. The monoisotopic (exact) mass is 393 g/mol. The van der Waals surface area contributed by atoms with E-state index in [0.717, 1.165) is 43.6 Å². The number of halogens is 1. The van der Waals surface area contributed by atoms with Gasteiger partial charge in [-0.1, -0.05) is 6.07 Å². The number of aromatic nitrogens is 1. The SMILES string of the molecule is O=C(c1ccc(-c2ccc(F)cc2)o1)N(Cc1ccccn1)C1CCCNCC1. The van der Waals surface area contributed by atoms with E-state index in [2.05, 4.69) is 10.3 Å². The first-order valence-electron chi connectivity index (χ1n) is 9.98. The van der Waals surface area contributed by atoms with E-state index in [1.165, 1.54) is 12.1 Å². The molecule has 3 aromatic rings. The van der Waals surface area contributed by atoms with E-state index in [4.69, 9.17) is 4.42 Å². The lowest BCUT2D eigenvalue weighted by atomic mass is 10.1. The maximum Gasteiger partial charge on any atom is 0.290 e. The molecule has 150 valence electrons. The predicted octanol–water partition coefficient (Wildman–Crippen LogP) is 4.27. The molecule has 4 rings (SSSR count). The molecule has 1 unspecified atom stereocenters. The number of carbonyl (C=O) groups is 1. The number of carbonyl (C=O) groups excluding carboxylic acids is 1. The molecule has 29 heavy (non-hydrogen) atoms. The Hall–Kier alpha value is -2.99. The zero-order valence-corrected chi connectivity index (χ0v) is 16.2. The van der Waals surface area contributed by atoms with Crippen molar-refractivity contribution in [2.24, 2.45) is 0 Å². The van der Waals surface area contributed by atoms with Crippen LogP contribution in [0, 0.1) is 5.82 Å². The number of rotatable bonds is 5. The van der Waals surface area contributed by atoms with Gasteiger partial charge in [-0.05, 0) is 80.9 Å². The molecule has 1 amide bonds. The summed E-state index contributed by atoms with van der Waals surface area (Å²) in [5.74, 6) is 0.391. The summed E-state index contributed by atoms with van der Waals surface area (Å²) in [5, 5.41) is 3.40. The molecule has 1 aromatic carbocycles. The van der Waals surface area contributed by atoms with Gasteiger partial charge in [-0.25, -0.2) is 4.39 Å². The standard InChI is InChI=1S/C23H24FN3O2/c24-18-8-6-17(7-9-18)21-10-11-22(29-21)23(28)27(16-19-4-1-2-14-26-19)20-5-3-13-25-15-12-20/h1-2,4,6-11,14,20,25H,3,5,12-13,15-16H2. The highest BCUT2D eigenvalue weighted by Gasteiger charge is 2.28. The van der Waals surface area contributed by atoms with Crippen molar-refractivity contribution in [1.29, 1.82) is 0 Å². The molecule has 0 spiro atoms. The number of hydrogen-bond acceptors (Lipinski definition) is 4. The van der Waals surface area contributed by atoms with Gasteiger partial charge in [-0.15, -0.1) is 0 Å². The predicted molar refractivity (Wildman–Crippen MR) is 109 cm³/mol. The van der Waals surface area contributed by atoms with Gasteiger partial charge in [-0.2, -0.15) is 0 Å². The highest BCUT2D eigenvalue weighted by atomic mass is 19.1.